The van der Waals surface area contributed by atoms with Crippen LogP contribution in [0.4, 0.5) is 0 Å². The Morgan fingerprint density at radius 2 is 1.15 bits per heavy atom. The van der Waals surface area contributed by atoms with Crippen molar-refractivity contribution in [2.24, 2.45) is 0 Å². The summed E-state index contributed by atoms with van der Waals surface area (Å²) in [5.41, 5.74) is 0.0985. The molecule has 25 nitrogen and oxygen atoms in total. The van der Waals surface area contributed by atoms with E-state index < -0.39 is 159 Å². The number of benzene rings is 3. The van der Waals surface area contributed by atoms with E-state index in [0.29, 0.717) is 5.56 Å². The fraction of sp³-hybridized carbons (Fsp3) is 0.452. The molecule has 16 unspecified atom stereocenters. The van der Waals surface area contributed by atoms with Gasteiger partial charge in [-0.2, -0.15) is 0 Å². The number of carbonyl (C=O) groups is 1. The number of rotatable bonds is 13. The van der Waals surface area contributed by atoms with Crippen LogP contribution in [0.1, 0.15) is 22.8 Å². The molecule has 366 valence electrons. The summed E-state index contributed by atoms with van der Waals surface area (Å²) in [4.78, 5) is 12.5. The number of carbonyl (C=O) groups excluding carboxylic acids is 1. The van der Waals surface area contributed by atoms with Gasteiger partial charge in [0.1, 0.15) is 96.9 Å². The second kappa shape index (κ2) is 20.2. The van der Waals surface area contributed by atoms with Crippen LogP contribution in [0.3, 0.4) is 0 Å². The zero-order chi connectivity index (χ0) is 48.6. The van der Waals surface area contributed by atoms with Crippen LogP contribution in [0.15, 0.2) is 54.3 Å². The Hall–Kier alpha value is -5.75. The van der Waals surface area contributed by atoms with Gasteiger partial charge in [0, 0.05) is 18.2 Å². The molecular formula is C42H49O25+. The van der Waals surface area contributed by atoms with Gasteiger partial charge >= 0.3 is 5.97 Å². The third-order valence-corrected chi connectivity index (χ3v) is 11.2. The van der Waals surface area contributed by atoms with Gasteiger partial charge in [0.15, 0.2) is 28.8 Å². The van der Waals surface area contributed by atoms with Crippen molar-refractivity contribution in [1.82, 2.24) is 0 Å². The molecule has 67 heavy (non-hydrogen) atoms. The lowest BCUT2D eigenvalue weighted by Gasteiger charge is -2.41. The molecule has 3 saturated heterocycles. The molecule has 7 rings (SSSR count). The van der Waals surface area contributed by atoms with Crippen molar-refractivity contribution >= 4 is 18.1 Å². The molecule has 0 aliphatic carbocycles. The first-order valence-electron chi connectivity index (χ1n) is 20.3. The quantitative estimate of drug-likeness (QED) is 0.0336. The van der Waals surface area contributed by atoms with Crippen LogP contribution < -0.4 is 9.47 Å². The van der Waals surface area contributed by atoms with Gasteiger partial charge in [0.05, 0.1) is 24.8 Å². The minimum Gasteiger partial charge on any atom is -0.571 e. The number of aliphatic hydroxyl groups is 12. The van der Waals surface area contributed by atoms with E-state index in [-0.39, 0.29) is 28.4 Å². The molecule has 0 bridgehead atoms. The first-order chi connectivity index (χ1) is 31.8. The summed E-state index contributed by atoms with van der Waals surface area (Å²) >= 11 is 0. The van der Waals surface area contributed by atoms with Crippen molar-refractivity contribution in [3.8, 4) is 46.0 Å². The monoisotopic (exact) mass is 953 g/mol. The third kappa shape index (κ3) is 10.2. The van der Waals surface area contributed by atoms with Gasteiger partial charge in [0.2, 0.25) is 24.6 Å². The number of hydrogen-bond acceptors (Lipinski definition) is 24. The van der Waals surface area contributed by atoms with Crippen LogP contribution in [-0.4, -0.2) is 204 Å². The number of aliphatic hydroxyl groups excluding tert-OH is 11. The van der Waals surface area contributed by atoms with E-state index in [0.717, 1.165) is 30.3 Å². The van der Waals surface area contributed by atoms with Crippen LogP contribution in [0, 0.1) is 0 Å². The second-order valence-corrected chi connectivity index (χ2v) is 15.8. The van der Waals surface area contributed by atoms with E-state index in [1.807, 2.05) is 0 Å². The number of fused-ring (bicyclic) bond motifs is 1. The lowest BCUT2D eigenvalue weighted by atomic mass is 9.98. The first kappa shape index (κ1) is 49.2. The van der Waals surface area contributed by atoms with Gasteiger partial charge in [-0.05, 0) is 35.9 Å². The zero-order valence-corrected chi connectivity index (χ0v) is 34.5. The van der Waals surface area contributed by atoms with Crippen molar-refractivity contribution in [2.45, 2.75) is 98.2 Å². The number of ether oxygens (including phenoxy) is 8. The Morgan fingerprint density at radius 3 is 1.73 bits per heavy atom. The standard InChI is InChI=1S/C42H48O25/c43-11-25-30(51)33(54)36(57)41(65-25)63-23-7-15(6-20(48)29(23)50)39-24(64-42-37(58)34(55)31(52)26(12-44)66-42)10-17-21(61-39)8-16(45)9-22(17)62-40-38(59)35(56)32(53)27(67-40)13-60-28(49)4-2-14-1-3-18(46)19(47)5-14/h1-10,25-27,30-48,50-59H,11-13H2/p+1. The topological polar surface area (TPSA) is 418 Å². The highest BCUT2D eigenvalue weighted by atomic mass is 16.7. The van der Waals surface area contributed by atoms with E-state index >= 15 is 0 Å². The summed E-state index contributed by atoms with van der Waals surface area (Å²) in [7, 11) is 0. The smallest absolute Gasteiger partial charge is 0.330 e. The number of phenols is 5. The molecular weight excluding hydrogens is 904 g/mol. The first-order valence-corrected chi connectivity index (χ1v) is 20.3. The maximum absolute atomic E-state index is 12.5. The zero-order valence-electron chi connectivity index (χ0n) is 34.5. The average molecular weight is 954 g/mol. The van der Waals surface area contributed by atoms with Gasteiger partial charge < -0.3 is 120 Å². The molecule has 16 atom stereocenters. The maximum Gasteiger partial charge on any atom is 0.330 e. The maximum atomic E-state index is 12.5. The van der Waals surface area contributed by atoms with Gasteiger partial charge in [-0.25, -0.2) is 4.79 Å². The van der Waals surface area contributed by atoms with Crippen LogP contribution in [0.25, 0.3) is 12.2 Å². The lowest BCUT2D eigenvalue weighted by Crippen LogP contribution is -2.60. The van der Waals surface area contributed by atoms with Crippen molar-refractivity contribution in [3.63, 3.8) is 0 Å². The summed E-state index contributed by atoms with van der Waals surface area (Å²) in [6.07, 6.45) is -25.3. The van der Waals surface area contributed by atoms with E-state index in [1.165, 1.54) is 30.4 Å². The van der Waals surface area contributed by atoms with E-state index in [1.54, 1.807) is 0 Å². The molecule has 0 amide bonds. The van der Waals surface area contributed by atoms with Crippen molar-refractivity contribution in [3.05, 3.63) is 71.0 Å². The highest BCUT2D eigenvalue weighted by molar-refractivity contribution is 5.87. The minimum atomic E-state index is -1.99. The van der Waals surface area contributed by atoms with Gasteiger partial charge in [-0.15, -0.1) is 0 Å². The predicted molar refractivity (Wildman–Crippen MR) is 217 cm³/mol. The van der Waals surface area contributed by atoms with Crippen LogP contribution in [-0.2, 0) is 28.5 Å². The van der Waals surface area contributed by atoms with Crippen LogP contribution in [0.2, 0.25) is 0 Å². The Morgan fingerprint density at radius 1 is 0.597 bits per heavy atom. The highest BCUT2D eigenvalue weighted by Gasteiger charge is 2.49. The Balaban J connectivity index is 1.19. The predicted octanol–water partition coefficient (Wildman–Crippen LogP) is -4.01. The van der Waals surface area contributed by atoms with Crippen LogP contribution in [0.5, 0.6) is 46.0 Å². The van der Waals surface area contributed by atoms with E-state index in [2.05, 4.69) is 4.74 Å². The molecule has 3 fully saturated rings. The molecule has 17 N–H and O–H groups in total. The molecule has 0 radical (unpaired) electrons. The van der Waals surface area contributed by atoms with E-state index in [9.17, 15) is 86.5 Å². The Labute approximate surface area is 377 Å². The summed E-state index contributed by atoms with van der Waals surface area (Å²) in [5, 5.41) is 167. The fourth-order valence-corrected chi connectivity index (χ4v) is 7.46. The molecule has 4 aliphatic heterocycles. The molecule has 4 aliphatic rings. The van der Waals surface area contributed by atoms with Gasteiger partial charge in [-0.3, -0.25) is 0 Å². The molecule has 0 aromatic heterocycles. The second-order valence-electron chi connectivity index (χ2n) is 15.8. The highest BCUT2D eigenvalue weighted by Crippen LogP contribution is 2.49. The summed E-state index contributed by atoms with van der Waals surface area (Å²) < 4.78 is 44.0. The lowest BCUT2D eigenvalue weighted by molar-refractivity contribution is -0.295. The number of phenolic OH excluding ortho intramolecular Hbond substituents is 5. The average Bonchev–Trinajstić information content (AvgIpc) is 3.30. The summed E-state index contributed by atoms with van der Waals surface area (Å²) in [5.74, 6) is -5.57. The van der Waals surface area contributed by atoms with Gasteiger partial charge in [-0.1, -0.05) is 6.07 Å². The number of aromatic hydroxyl groups is 6. The van der Waals surface area contributed by atoms with Crippen molar-refractivity contribution < 1.29 is 124 Å². The molecule has 0 spiro atoms. The largest absolute Gasteiger partial charge is 0.571 e. The minimum absolute atomic E-state index is 0.0840. The molecule has 4 heterocycles. The summed E-state index contributed by atoms with van der Waals surface area (Å²) in [6, 6.07) is 7.90. The molecule has 0 saturated carbocycles. The van der Waals surface area contributed by atoms with Crippen LogP contribution >= 0.6 is 0 Å². The Kier molecular flexibility index (Phi) is 14.8. The molecule has 3 aromatic carbocycles. The third-order valence-electron chi connectivity index (χ3n) is 11.2. The number of hydrogen-bond donors (Lipinski definition) is 16. The molecule has 3 aromatic rings. The fourth-order valence-electron chi connectivity index (χ4n) is 7.46. The SMILES string of the molecule is O=C(C=Cc1ccc(O)c(O)c1)OCC1OC(Oc2cc(O)cc3c2C=C(OC2OC(CO)C(O)C(O)C2O)C(c2cc(O)c(O)c(OC4OC(CO)C(O)C(O)C4O)c2)[OH+]3)C(O)C(O)C1O. The van der Waals surface area contributed by atoms with Crippen molar-refractivity contribution in [1.29, 1.82) is 0 Å². The Bertz CT molecular complexity index is 2300. The van der Waals surface area contributed by atoms with Crippen molar-refractivity contribution in [2.75, 3.05) is 19.8 Å². The normalized spacial score (nSPS) is 34.1. The summed E-state index contributed by atoms with van der Waals surface area (Å²) in [6.45, 7) is -2.39. The van der Waals surface area contributed by atoms with Gasteiger partial charge in [0.25, 0.3) is 11.9 Å². The number of esters is 1. The molecule has 25 heteroatoms. The van der Waals surface area contributed by atoms with E-state index in [4.69, 9.17) is 33.2 Å².